The maximum Gasteiger partial charge on any atom is 0.119 e. The number of piperazine rings is 1. The molecule has 3 atom stereocenters. The molecule has 4 heteroatoms. The summed E-state index contributed by atoms with van der Waals surface area (Å²) in [4.78, 5) is 5.24. The lowest BCUT2D eigenvalue weighted by Crippen LogP contribution is -2.66. The summed E-state index contributed by atoms with van der Waals surface area (Å²) in [6.07, 6.45) is 10.7. The van der Waals surface area contributed by atoms with E-state index in [4.69, 9.17) is 4.74 Å². The van der Waals surface area contributed by atoms with E-state index < -0.39 is 0 Å². The monoisotopic (exact) mass is 363 g/mol. The largest absolute Gasteiger partial charge is 0.492 e. The van der Waals surface area contributed by atoms with Crippen LogP contribution in [0.3, 0.4) is 0 Å². The fourth-order valence-corrected chi connectivity index (χ4v) is 5.25. The summed E-state index contributed by atoms with van der Waals surface area (Å²) in [6.45, 7) is 6.16. The minimum atomic E-state index is 0.460. The molecule has 27 heavy (non-hydrogen) atoms. The Kier molecular flexibility index (Phi) is 4.54. The van der Waals surface area contributed by atoms with E-state index in [0.29, 0.717) is 18.1 Å². The maximum absolute atomic E-state index is 6.01. The summed E-state index contributed by atoms with van der Waals surface area (Å²) < 4.78 is 6.01. The molecule has 1 N–H and O–H groups in total. The molecule has 0 aromatic heterocycles. The van der Waals surface area contributed by atoms with Gasteiger partial charge in [0.05, 0.1) is 12.1 Å². The average molecular weight is 364 g/mol. The van der Waals surface area contributed by atoms with E-state index in [0.717, 1.165) is 32.0 Å². The first-order valence-electron chi connectivity index (χ1n) is 10.3. The molecular formula is C23H29N3O. The zero-order valence-electron chi connectivity index (χ0n) is 16.1. The van der Waals surface area contributed by atoms with Gasteiger partial charge >= 0.3 is 0 Å². The Balaban J connectivity index is 1.33. The lowest BCUT2D eigenvalue weighted by atomic mass is 9.86. The summed E-state index contributed by atoms with van der Waals surface area (Å²) >= 11 is 0. The van der Waals surface area contributed by atoms with Crippen molar-refractivity contribution in [2.75, 3.05) is 26.2 Å². The Morgan fingerprint density at radius 1 is 1.22 bits per heavy atom. The van der Waals surface area contributed by atoms with Crippen LogP contribution in [0.1, 0.15) is 26.2 Å². The molecule has 1 saturated heterocycles. The molecule has 0 radical (unpaired) electrons. The minimum absolute atomic E-state index is 0.460. The Morgan fingerprint density at radius 3 is 3.00 bits per heavy atom. The van der Waals surface area contributed by atoms with Crippen LogP contribution < -0.4 is 10.1 Å². The van der Waals surface area contributed by atoms with Gasteiger partial charge < -0.3 is 15.0 Å². The van der Waals surface area contributed by atoms with Crippen LogP contribution in [0.5, 0.6) is 5.75 Å². The molecule has 1 aromatic carbocycles. The van der Waals surface area contributed by atoms with Crippen molar-refractivity contribution in [3.63, 3.8) is 0 Å². The van der Waals surface area contributed by atoms with Gasteiger partial charge in [-0.1, -0.05) is 24.3 Å². The average Bonchev–Trinajstić information content (AvgIpc) is 3.08. The van der Waals surface area contributed by atoms with Crippen LogP contribution in [-0.2, 0) is 0 Å². The van der Waals surface area contributed by atoms with Gasteiger partial charge in [-0.15, -0.1) is 0 Å². The Hall–Kier alpha value is -2.04. The molecular weight excluding hydrogens is 334 g/mol. The second kappa shape index (κ2) is 7.17. The number of para-hydroxylation sites is 1. The molecule has 0 bridgehead atoms. The summed E-state index contributed by atoms with van der Waals surface area (Å²) in [7, 11) is 0. The smallest absolute Gasteiger partial charge is 0.119 e. The highest BCUT2D eigenvalue weighted by Gasteiger charge is 2.46. The van der Waals surface area contributed by atoms with Crippen molar-refractivity contribution in [2.45, 2.75) is 44.3 Å². The Morgan fingerprint density at radius 2 is 2.11 bits per heavy atom. The van der Waals surface area contributed by atoms with E-state index in [2.05, 4.69) is 40.4 Å². The van der Waals surface area contributed by atoms with Crippen LogP contribution in [0.4, 0.5) is 0 Å². The highest BCUT2D eigenvalue weighted by molar-refractivity contribution is 5.40. The van der Waals surface area contributed by atoms with Crippen molar-refractivity contribution in [1.82, 2.24) is 15.1 Å². The third-order valence-corrected chi connectivity index (χ3v) is 6.49. The fourth-order valence-electron chi connectivity index (χ4n) is 5.25. The number of benzene rings is 1. The van der Waals surface area contributed by atoms with E-state index in [1.165, 1.54) is 30.5 Å². The van der Waals surface area contributed by atoms with E-state index in [1.54, 1.807) is 5.57 Å². The topological polar surface area (TPSA) is 27.7 Å². The summed E-state index contributed by atoms with van der Waals surface area (Å²) in [5, 5.41) is 3.79. The zero-order valence-corrected chi connectivity index (χ0v) is 16.1. The lowest BCUT2D eigenvalue weighted by molar-refractivity contribution is 0.0565. The molecule has 1 fully saturated rings. The number of fused-ring (bicyclic) bond motifs is 4. The van der Waals surface area contributed by atoms with Crippen LogP contribution in [0.25, 0.3) is 0 Å². The first-order chi connectivity index (χ1) is 13.3. The molecule has 4 aliphatic rings. The number of allylic oxidation sites excluding steroid dienone is 2. The van der Waals surface area contributed by atoms with Crippen LogP contribution in [0.2, 0.25) is 0 Å². The SMILES string of the molecule is CC1=CN2C3=C(CCC=C3)C[C@H]2[C@@H]2C1NCCN2CCOc1ccccc1. The predicted molar refractivity (Wildman–Crippen MR) is 108 cm³/mol. The van der Waals surface area contributed by atoms with E-state index >= 15 is 0 Å². The number of nitrogens with one attached hydrogen (secondary N) is 1. The van der Waals surface area contributed by atoms with Crippen molar-refractivity contribution in [2.24, 2.45) is 0 Å². The van der Waals surface area contributed by atoms with Gasteiger partial charge in [0.1, 0.15) is 12.4 Å². The van der Waals surface area contributed by atoms with Crippen molar-refractivity contribution in [3.05, 3.63) is 65.5 Å². The third kappa shape index (κ3) is 3.11. The first-order valence-corrected chi connectivity index (χ1v) is 10.3. The summed E-state index contributed by atoms with van der Waals surface area (Å²) in [5.74, 6) is 0.966. The molecule has 1 aliphatic carbocycles. The zero-order chi connectivity index (χ0) is 18.2. The number of ether oxygens (including phenoxy) is 1. The van der Waals surface area contributed by atoms with Gasteiger partial charge in [-0.05, 0) is 55.5 Å². The molecule has 142 valence electrons. The van der Waals surface area contributed by atoms with Crippen LogP contribution in [-0.4, -0.2) is 54.2 Å². The molecule has 3 aliphatic heterocycles. The van der Waals surface area contributed by atoms with E-state index in [9.17, 15) is 0 Å². The molecule has 4 nitrogen and oxygen atoms in total. The molecule has 3 heterocycles. The van der Waals surface area contributed by atoms with E-state index in [1.807, 2.05) is 30.3 Å². The van der Waals surface area contributed by atoms with Gasteiger partial charge in [0.2, 0.25) is 0 Å². The van der Waals surface area contributed by atoms with Crippen molar-refractivity contribution >= 4 is 0 Å². The summed E-state index contributed by atoms with van der Waals surface area (Å²) in [6, 6.07) is 11.7. The second-order valence-corrected chi connectivity index (χ2v) is 8.10. The highest BCUT2D eigenvalue weighted by Crippen LogP contribution is 2.42. The Bertz CT molecular complexity index is 782. The van der Waals surface area contributed by atoms with Gasteiger partial charge in [-0.3, -0.25) is 4.90 Å². The molecule has 1 aromatic rings. The molecule has 0 saturated carbocycles. The fraction of sp³-hybridized carbons (Fsp3) is 0.478. The van der Waals surface area contributed by atoms with Crippen molar-refractivity contribution in [1.29, 1.82) is 0 Å². The van der Waals surface area contributed by atoms with Crippen LogP contribution in [0.15, 0.2) is 65.5 Å². The molecule has 1 unspecified atom stereocenters. The number of hydrogen-bond donors (Lipinski definition) is 1. The molecule has 0 amide bonds. The minimum Gasteiger partial charge on any atom is -0.492 e. The number of hydrogen-bond acceptors (Lipinski definition) is 4. The second-order valence-electron chi connectivity index (χ2n) is 8.10. The molecule has 0 spiro atoms. The van der Waals surface area contributed by atoms with Crippen LogP contribution in [0, 0.1) is 0 Å². The predicted octanol–water partition coefficient (Wildman–Crippen LogP) is 3.30. The van der Waals surface area contributed by atoms with Crippen molar-refractivity contribution in [3.8, 4) is 5.75 Å². The third-order valence-electron chi connectivity index (χ3n) is 6.49. The maximum atomic E-state index is 6.01. The lowest BCUT2D eigenvalue weighted by Gasteiger charge is -2.50. The van der Waals surface area contributed by atoms with Gasteiger partial charge in [-0.2, -0.15) is 0 Å². The van der Waals surface area contributed by atoms with Gasteiger partial charge in [-0.25, -0.2) is 0 Å². The van der Waals surface area contributed by atoms with Crippen molar-refractivity contribution < 1.29 is 4.74 Å². The van der Waals surface area contributed by atoms with Gasteiger partial charge in [0, 0.05) is 37.6 Å². The normalized spacial score (nSPS) is 29.9. The van der Waals surface area contributed by atoms with E-state index in [-0.39, 0.29) is 0 Å². The quantitative estimate of drug-likeness (QED) is 0.888. The van der Waals surface area contributed by atoms with Gasteiger partial charge in [0.25, 0.3) is 0 Å². The first kappa shape index (κ1) is 17.1. The Labute approximate surface area is 162 Å². The summed E-state index contributed by atoms with van der Waals surface area (Å²) in [5.41, 5.74) is 4.58. The standard InChI is InChI=1S/C23H29N3O/c1-17-16-26-20-10-6-5-7-18(20)15-21(26)23-22(17)24-11-12-25(23)13-14-27-19-8-3-2-4-9-19/h2-4,6,8-10,16,21-24H,5,7,11-15H2,1H3/t21-,22?,23+/m0/s1. The van der Waals surface area contributed by atoms with Gasteiger partial charge in [0.15, 0.2) is 0 Å². The molecule has 5 rings (SSSR count). The number of rotatable bonds is 4. The number of nitrogens with zero attached hydrogens (tertiary/aromatic N) is 2. The van der Waals surface area contributed by atoms with Crippen LogP contribution >= 0.6 is 0 Å². The highest BCUT2D eigenvalue weighted by atomic mass is 16.5.